The second-order valence-electron chi connectivity index (χ2n) is 9.81. The normalized spacial score (nSPS) is 18.8. The van der Waals surface area contributed by atoms with E-state index in [1.54, 1.807) is 11.2 Å². The third-order valence-corrected chi connectivity index (χ3v) is 6.67. The molecule has 1 saturated heterocycles. The number of aliphatic hydroxyl groups is 1. The number of imidazole rings is 1. The van der Waals surface area contributed by atoms with Gasteiger partial charge in [-0.05, 0) is 53.1 Å². The minimum Gasteiger partial charge on any atom is -0.418 e. The lowest BCUT2D eigenvalue weighted by molar-refractivity contribution is -0.139. The molecular formula is C29H41ClN6O3. The van der Waals surface area contributed by atoms with Crippen LogP contribution in [0.1, 0.15) is 50.6 Å². The number of aryl methyl sites for hydroxylation is 1. The summed E-state index contributed by atoms with van der Waals surface area (Å²) in [6.45, 7) is 9.70. The Bertz CT molecular complexity index is 1210. The van der Waals surface area contributed by atoms with E-state index < -0.39 is 11.9 Å². The molecular weight excluding hydrogens is 516 g/mol. The van der Waals surface area contributed by atoms with Crippen LogP contribution in [0.15, 0.2) is 60.7 Å². The molecule has 212 valence electrons. The molecule has 10 heteroatoms. The summed E-state index contributed by atoms with van der Waals surface area (Å²) in [5.74, 6) is -1.39. The number of nitrogens with two attached hydrogens (primary N) is 1. The molecule has 0 bridgehead atoms. The number of fused-ring (bicyclic) bond motifs is 2. The average molecular weight is 557 g/mol. The maximum Gasteiger partial charge on any atom is 0.412 e. The lowest BCUT2D eigenvalue weighted by atomic mass is 9.93. The van der Waals surface area contributed by atoms with Crippen molar-refractivity contribution in [2.75, 3.05) is 26.2 Å². The Kier molecular flexibility index (Phi) is 10.8. The van der Waals surface area contributed by atoms with Crippen LogP contribution < -0.4 is 16.4 Å². The van der Waals surface area contributed by atoms with Gasteiger partial charge in [-0.1, -0.05) is 43.7 Å². The quantitative estimate of drug-likeness (QED) is 0.423. The van der Waals surface area contributed by atoms with Gasteiger partial charge >= 0.3 is 6.09 Å². The fraction of sp³-hybridized carbons (Fsp3) is 0.448. The van der Waals surface area contributed by atoms with Gasteiger partial charge < -0.3 is 35.7 Å². The van der Waals surface area contributed by atoms with Gasteiger partial charge in [-0.2, -0.15) is 0 Å². The Morgan fingerprint density at radius 1 is 1.28 bits per heavy atom. The lowest BCUT2D eigenvalue weighted by Gasteiger charge is -2.29. The standard InChI is InChI=1S/C19H19ClN4.C8H16N2O3.C2H6/c1-24-11-22-10-18(24)19(21)16-7-13-3-2-6-23-17(13)8-12-4-5-14(20)9-15(12)16;1-8(2,12)13-7(11)10-5-3-9-4-6-10;1-2/h2-7,9-11,17,19,23H,8,21H2,1H3;9,12H,3-6H2,1-2H3;1-2H3. The van der Waals surface area contributed by atoms with Crippen LogP contribution in [0.25, 0.3) is 5.57 Å². The molecule has 0 spiro atoms. The number of dihydropyridines is 1. The van der Waals surface area contributed by atoms with Crippen LogP contribution in [-0.4, -0.2) is 63.7 Å². The SMILES string of the molecule is CC.CC(C)(O)OC(=O)N1CCNCC1.Cn1cncc1C(N)C1=CC2=CC=CNC2Cc2ccc(Cl)cc21. The van der Waals surface area contributed by atoms with E-state index >= 15 is 0 Å². The van der Waals surface area contributed by atoms with Crippen LogP contribution in [0.2, 0.25) is 5.02 Å². The van der Waals surface area contributed by atoms with E-state index in [0.717, 1.165) is 41.4 Å². The molecule has 0 radical (unpaired) electrons. The maximum atomic E-state index is 11.3. The number of aromatic nitrogens is 2. The Morgan fingerprint density at radius 3 is 2.64 bits per heavy atom. The van der Waals surface area contributed by atoms with Gasteiger partial charge in [0.15, 0.2) is 0 Å². The van der Waals surface area contributed by atoms with E-state index in [0.29, 0.717) is 13.1 Å². The number of ether oxygens (including phenoxy) is 1. The summed E-state index contributed by atoms with van der Waals surface area (Å²) < 4.78 is 6.76. The fourth-order valence-electron chi connectivity index (χ4n) is 4.55. The van der Waals surface area contributed by atoms with Crippen molar-refractivity contribution < 1.29 is 14.6 Å². The Balaban J connectivity index is 0.000000239. The zero-order valence-corrected chi connectivity index (χ0v) is 24.2. The maximum absolute atomic E-state index is 11.3. The Labute approximate surface area is 236 Å². The number of rotatable bonds is 3. The number of nitrogens with zero attached hydrogens (tertiary/aromatic N) is 3. The molecule has 2 atom stereocenters. The molecule has 1 aromatic carbocycles. The number of allylic oxidation sites excluding steroid dienone is 2. The molecule has 3 heterocycles. The second-order valence-corrected chi connectivity index (χ2v) is 10.2. The summed E-state index contributed by atoms with van der Waals surface area (Å²) in [6, 6.07) is 6.06. The van der Waals surface area contributed by atoms with E-state index in [1.807, 2.05) is 56.1 Å². The summed E-state index contributed by atoms with van der Waals surface area (Å²) in [5.41, 5.74) is 12.3. The van der Waals surface area contributed by atoms with Crippen LogP contribution in [0.3, 0.4) is 0 Å². The fourth-order valence-corrected chi connectivity index (χ4v) is 4.72. The summed E-state index contributed by atoms with van der Waals surface area (Å²) in [4.78, 5) is 17.1. The number of halogens is 1. The molecule has 2 unspecified atom stereocenters. The average Bonchev–Trinajstić information content (AvgIpc) is 3.28. The number of nitrogens with one attached hydrogen (secondary N) is 2. The molecule has 3 aliphatic rings. The number of hydrogen-bond acceptors (Lipinski definition) is 7. The Morgan fingerprint density at radius 2 is 2.00 bits per heavy atom. The first-order valence-corrected chi connectivity index (χ1v) is 13.8. The van der Waals surface area contributed by atoms with Crippen molar-refractivity contribution in [3.05, 3.63) is 82.6 Å². The molecule has 2 aliphatic heterocycles. The second kappa shape index (κ2) is 13.8. The molecule has 5 N–H and O–H groups in total. The zero-order chi connectivity index (χ0) is 28.6. The molecule has 5 rings (SSSR count). The van der Waals surface area contributed by atoms with Crippen LogP contribution in [0.4, 0.5) is 4.79 Å². The number of hydrogen-bond donors (Lipinski definition) is 4. The number of carbonyl (C=O) groups is 1. The van der Waals surface area contributed by atoms with Crippen molar-refractivity contribution in [2.45, 2.75) is 52.0 Å². The van der Waals surface area contributed by atoms with E-state index in [4.69, 9.17) is 22.1 Å². The van der Waals surface area contributed by atoms with Gasteiger partial charge in [-0.25, -0.2) is 9.78 Å². The molecule has 1 aromatic heterocycles. The molecule has 39 heavy (non-hydrogen) atoms. The van der Waals surface area contributed by atoms with Crippen molar-refractivity contribution in [3.8, 4) is 0 Å². The first-order chi connectivity index (χ1) is 18.6. The third-order valence-electron chi connectivity index (χ3n) is 6.43. The zero-order valence-electron chi connectivity index (χ0n) is 23.4. The van der Waals surface area contributed by atoms with E-state index in [-0.39, 0.29) is 12.1 Å². The minimum absolute atomic E-state index is 0.256. The van der Waals surface area contributed by atoms with Crippen molar-refractivity contribution in [3.63, 3.8) is 0 Å². The van der Waals surface area contributed by atoms with Crippen molar-refractivity contribution in [1.29, 1.82) is 0 Å². The number of benzene rings is 1. The third kappa shape index (κ3) is 8.19. The molecule has 0 saturated carbocycles. The monoisotopic (exact) mass is 556 g/mol. The molecule has 1 aliphatic carbocycles. The first-order valence-electron chi connectivity index (χ1n) is 13.4. The number of carbonyl (C=O) groups excluding carboxylic acids is 1. The lowest BCUT2D eigenvalue weighted by Crippen LogP contribution is -2.48. The topological polar surface area (TPSA) is 118 Å². The molecule has 9 nitrogen and oxygen atoms in total. The van der Waals surface area contributed by atoms with Gasteiger partial charge in [0.1, 0.15) is 0 Å². The molecule has 1 fully saturated rings. The molecule has 2 aromatic rings. The highest BCUT2D eigenvalue weighted by Crippen LogP contribution is 2.37. The van der Waals surface area contributed by atoms with Gasteiger partial charge in [-0.3, -0.25) is 0 Å². The largest absolute Gasteiger partial charge is 0.418 e. The Hall–Kier alpha value is -3.11. The van der Waals surface area contributed by atoms with Gasteiger partial charge in [0, 0.05) is 52.1 Å². The highest BCUT2D eigenvalue weighted by molar-refractivity contribution is 6.30. The number of piperazine rings is 1. The van der Waals surface area contributed by atoms with Crippen molar-refractivity contribution >= 4 is 23.3 Å². The minimum atomic E-state index is -1.39. The predicted octanol–water partition coefficient (Wildman–Crippen LogP) is 3.91. The first kappa shape index (κ1) is 30.4. The molecule has 1 amide bonds. The summed E-state index contributed by atoms with van der Waals surface area (Å²) in [6.07, 6.45) is 12.4. The summed E-state index contributed by atoms with van der Waals surface area (Å²) >= 11 is 6.28. The van der Waals surface area contributed by atoms with Gasteiger partial charge in [0.05, 0.1) is 30.3 Å². The van der Waals surface area contributed by atoms with Crippen LogP contribution in [0, 0.1) is 0 Å². The van der Waals surface area contributed by atoms with Crippen molar-refractivity contribution in [2.24, 2.45) is 12.8 Å². The van der Waals surface area contributed by atoms with E-state index in [2.05, 4.69) is 33.8 Å². The van der Waals surface area contributed by atoms with Gasteiger partial charge in [0.25, 0.3) is 0 Å². The van der Waals surface area contributed by atoms with E-state index in [9.17, 15) is 9.90 Å². The van der Waals surface area contributed by atoms with Gasteiger partial charge in [0.2, 0.25) is 5.79 Å². The highest BCUT2D eigenvalue weighted by atomic mass is 35.5. The smallest absolute Gasteiger partial charge is 0.412 e. The van der Waals surface area contributed by atoms with E-state index in [1.165, 1.54) is 25.0 Å². The summed E-state index contributed by atoms with van der Waals surface area (Å²) in [7, 11) is 1.96. The van der Waals surface area contributed by atoms with Crippen LogP contribution in [-0.2, 0) is 18.2 Å². The van der Waals surface area contributed by atoms with Crippen LogP contribution in [0.5, 0.6) is 0 Å². The highest BCUT2D eigenvalue weighted by Gasteiger charge is 2.27. The van der Waals surface area contributed by atoms with Crippen LogP contribution >= 0.6 is 11.6 Å². The van der Waals surface area contributed by atoms with Crippen molar-refractivity contribution in [1.82, 2.24) is 25.1 Å². The number of amides is 1. The summed E-state index contributed by atoms with van der Waals surface area (Å²) in [5, 5.41) is 16.5. The predicted molar refractivity (Wildman–Crippen MR) is 156 cm³/mol. The van der Waals surface area contributed by atoms with Gasteiger partial charge in [-0.15, -0.1) is 0 Å².